The monoisotopic (exact) mass is 256 g/mol. The summed E-state index contributed by atoms with van der Waals surface area (Å²) in [5, 5.41) is 0. The molecule has 1 rings (SSSR count). The van der Waals surface area contributed by atoms with E-state index in [1.54, 1.807) is 13.8 Å². The summed E-state index contributed by atoms with van der Waals surface area (Å²) in [6.45, 7) is 5.95. The normalized spacial score (nSPS) is 15.3. The van der Waals surface area contributed by atoms with Crippen molar-refractivity contribution in [3.63, 3.8) is 0 Å². The molecule has 0 saturated heterocycles. The van der Waals surface area contributed by atoms with Gasteiger partial charge in [-0.25, -0.2) is 0 Å². The number of carbonyl (C=O) groups is 2. The standard InChI is InChI=1S/C14H24O4/c1-4-14(12(15)17-5-2,13(16)18-6-3)10-9-11-7-8-11/h11H,4-10H2,1-3H3. The van der Waals surface area contributed by atoms with Crippen LogP contribution in [0.3, 0.4) is 0 Å². The smallest absolute Gasteiger partial charge is 0.323 e. The summed E-state index contributed by atoms with van der Waals surface area (Å²) in [6.07, 6.45) is 4.32. The van der Waals surface area contributed by atoms with Crippen LogP contribution in [0.2, 0.25) is 0 Å². The van der Waals surface area contributed by atoms with Crippen LogP contribution < -0.4 is 0 Å². The van der Waals surface area contributed by atoms with Gasteiger partial charge in [0.2, 0.25) is 0 Å². The van der Waals surface area contributed by atoms with Crippen molar-refractivity contribution in [2.45, 2.75) is 52.9 Å². The van der Waals surface area contributed by atoms with Gasteiger partial charge in [0.15, 0.2) is 5.41 Å². The summed E-state index contributed by atoms with van der Waals surface area (Å²) in [5.41, 5.74) is -1.09. The van der Waals surface area contributed by atoms with Gasteiger partial charge in [-0.3, -0.25) is 9.59 Å². The Morgan fingerprint density at radius 2 is 1.56 bits per heavy atom. The Labute approximate surface area is 109 Å². The quantitative estimate of drug-likeness (QED) is 0.495. The number of carbonyl (C=O) groups excluding carboxylic acids is 2. The lowest BCUT2D eigenvalue weighted by Crippen LogP contribution is -2.41. The second-order valence-electron chi connectivity index (χ2n) is 4.86. The fourth-order valence-electron chi connectivity index (χ4n) is 2.15. The molecule has 0 aromatic carbocycles. The summed E-state index contributed by atoms with van der Waals surface area (Å²) in [4.78, 5) is 24.2. The number of ether oxygens (including phenoxy) is 2. The fraction of sp³-hybridized carbons (Fsp3) is 0.857. The van der Waals surface area contributed by atoms with Crippen LogP contribution in [0.15, 0.2) is 0 Å². The first-order valence-electron chi connectivity index (χ1n) is 6.95. The van der Waals surface area contributed by atoms with Crippen molar-refractivity contribution in [2.24, 2.45) is 11.3 Å². The molecule has 0 unspecified atom stereocenters. The Morgan fingerprint density at radius 3 is 1.89 bits per heavy atom. The third-order valence-corrected chi connectivity index (χ3v) is 3.61. The van der Waals surface area contributed by atoms with E-state index in [1.165, 1.54) is 12.8 Å². The van der Waals surface area contributed by atoms with Crippen LogP contribution in [-0.4, -0.2) is 25.2 Å². The molecule has 4 nitrogen and oxygen atoms in total. The number of hydrogen-bond acceptors (Lipinski definition) is 4. The number of esters is 2. The van der Waals surface area contributed by atoms with E-state index in [1.807, 2.05) is 6.92 Å². The molecule has 0 spiro atoms. The van der Waals surface area contributed by atoms with Crippen LogP contribution in [0.1, 0.15) is 52.9 Å². The SMILES string of the molecule is CCOC(=O)C(CC)(CCC1CC1)C(=O)OCC. The van der Waals surface area contributed by atoms with Crippen LogP contribution in [-0.2, 0) is 19.1 Å². The molecule has 0 heterocycles. The third kappa shape index (κ3) is 3.47. The molecule has 0 atom stereocenters. The van der Waals surface area contributed by atoms with Gasteiger partial charge in [-0.15, -0.1) is 0 Å². The molecule has 1 fully saturated rings. The predicted molar refractivity (Wildman–Crippen MR) is 67.9 cm³/mol. The van der Waals surface area contributed by atoms with E-state index in [0.29, 0.717) is 32.0 Å². The topological polar surface area (TPSA) is 52.6 Å². The highest BCUT2D eigenvalue weighted by Crippen LogP contribution is 2.40. The van der Waals surface area contributed by atoms with Crippen LogP contribution in [0, 0.1) is 11.3 Å². The van der Waals surface area contributed by atoms with Crippen molar-refractivity contribution in [2.75, 3.05) is 13.2 Å². The number of hydrogen-bond donors (Lipinski definition) is 0. The van der Waals surface area contributed by atoms with Crippen molar-refractivity contribution in [3.05, 3.63) is 0 Å². The number of rotatable bonds is 8. The van der Waals surface area contributed by atoms with Gasteiger partial charge < -0.3 is 9.47 Å². The average molecular weight is 256 g/mol. The van der Waals surface area contributed by atoms with E-state index < -0.39 is 17.4 Å². The van der Waals surface area contributed by atoms with Gasteiger partial charge in [0, 0.05) is 0 Å². The third-order valence-electron chi connectivity index (χ3n) is 3.61. The zero-order chi connectivity index (χ0) is 13.6. The summed E-state index contributed by atoms with van der Waals surface area (Å²) in [6, 6.07) is 0. The maximum atomic E-state index is 12.1. The van der Waals surface area contributed by atoms with E-state index >= 15 is 0 Å². The van der Waals surface area contributed by atoms with Crippen molar-refractivity contribution < 1.29 is 19.1 Å². The van der Waals surface area contributed by atoms with Gasteiger partial charge in [-0.2, -0.15) is 0 Å². The van der Waals surface area contributed by atoms with E-state index in [4.69, 9.17) is 9.47 Å². The van der Waals surface area contributed by atoms with Crippen molar-refractivity contribution in [3.8, 4) is 0 Å². The van der Waals surface area contributed by atoms with Crippen LogP contribution >= 0.6 is 0 Å². The summed E-state index contributed by atoms with van der Waals surface area (Å²) in [5.74, 6) is -0.169. The van der Waals surface area contributed by atoms with E-state index in [9.17, 15) is 9.59 Å². The first-order valence-corrected chi connectivity index (χ1v) is 6.95. The molecule has 0 amide bonds. The molecule has 0 radical (unpaired) electrons. The molecule has 18 heavy (non-hydrogen) atoms. The van der Waals surface area contributed by atoms with Crippen molar-refractivity contribution in [1.29, 1.82) is 0 Å². The lowest BCUT2D eigenvalue weighted by atomic mass is 9.80. The van der Waals surface area contributed by atoms with Gasteiger partial charge in [-0.05, 0) is 39.0 Å². The minimum atomic E-state index is -1.09. The Kier molecular flexibility index (Phi) is 5.63. The van der Waals surface area contributed by atoms with E-state index in [2.05, 4.69) is 0 Å². The highest BCUT2D eigenvalue weighted by atomic mass is 16.6. The minimum Gasteiger partial charge on any atom is -0.465 e. The maximum Gasteiger partial charge on any atom is 0.323 e. The second-order valence-corrected chi connectivity index (χ2v) is 4.86. The molecule has 0 N–H and O–H groups in total. The molecular weight excluding hydrogens is 232 g/mol. The molecule has 1 saturated carbocycles. The van der Waals surface area contributed by atoms with Crippen LogP contribution in [0.4, 0.5) is 0 Å². The Balaban J connectivity index is 2.78. The van der Waals surface area contributed by atoms with Gasteiger partial charge >= 0.3 is 11.9 Å². The van der Waals surface area contributed by atoms with Crippen LogP contribution in [0.5, 0.6) is 0 Å². The lowest BCUT2D eigenvalue weighted by molar-refractivity contribution is -0.173. The summed E-state index contributed by atoms with van der Waals surface area (Å²) >= 11 is 0. The zero-order valence-corrected chi connectivity index (χ0v) is 11.7. The molecule has 0 bridgehead atoms. The first-order chi connectivity index (χ1) is 8.60. The fourth-order valence-corrected chi connectivity index (χ4v) is 2.15. The molecule has 1 aliphatic rings. The summed E-state index contributed by atoms with van der Waals surface area (Å²) < 4.78 is 10.2. The average Bonchev–Trinajstić information content (AvgIpc) is 3.15. The van der Waals surface area contributed by atoms with Gasteiger partial charge in [0.25, 0.3) is 0 Å². The molecule has 1 aliphatic carbocycles. The molecule has 0 aromatic rings. The molecule has 104 valence electrons. The van der Waals surface area contributed by atoms with E-state index in [0.717, 1.165) is 6.42 Å². The lowest BCUT2D eigenvalue weighted by Gasteiger charge is -2.27. The molecule has 0 aliphatic heterocycles. The molecular formula is C14H24O4. The molecule has 0 aromatic heterocycles. The van der Waals surface area contributed by atoms with Gasteiger partial charge in [0.1, 0.15) is 0 Å². The Bertz CT molecular complexity index is 276. The predicted octanol–water partition coefficient (Wildman–Crippen LogP) is 2.70. The Hall–Kier alpha value is -1.06. The Morgan fingerprint density at radius 1 is 1.06 bits per heavy atom. The maximum absolute atomic E-state index is 12.1. The van der Waals surface area contributed by atoms with Crippen molar-refractivity contribution >= 4 is 11.9 Å². The zero-order valence-electron chi connectivity index (χ0n) is 11.7. The first kappa shape index (κ1) is 15.0. The van der Waals surface area contributed by atoms with E-state index in [-0.39, 0.29) is 0 Å². The minimum absolute atomic E-state index is 0.295. The second kappa shape index (κ2) is 6.76. The highest BCUT2D eigenvalue weighted by Gasteiger charge is 2.47. The largest absolute Gasteiger partial charge is 0.465 e. The summed E-state index contributed by atoms with van der Waals surface area (Å²) in [7, 11) is 0. The van der Waals surface area contributed by atoms with Crippen LogP contribution in [0.25, 0.3) is 0 Å². The van der Waals surface area contributed by atoms with Gasteiger partial charge in [-0.1, -0.05) is 19.8 Å². The van der Waals surface area contributed by atoms with Crippen molar-refractivity contribution in [1.82, 2.24) is 0 Å². The highest BCUT2D eigenvalue weighted by molar-refractivity contribution is 6.00. The van der Waals surface area contributed by atoms with Gasteiger partial charge in [0.05, 0.1) is 13.2 Å². The molecule has 4 heteroatoms.